The molecule has 1 aliphatic heterocycles. The Hall–Kier alpha value is -2.63. The second-order valence-corrected chi connectivity index (χ2v) is 7.87. The van der Waals surface area contributed by atoms with Crippen LogP contribution in [0.25, 0.3) is 16.5 Å². The van der Waals surface area contributed by atoms with Crippen LogP contribution in [0.3, 0.4) is 0 Å². The van der Waals surface area contributed by atoms with Gasteiger partial charge in [0.1, 0.15) is 0 Å². The number of rotatable bonds is 4. The number of alkyl halides is 2. The average Bonchev–Trinajstić information content (AvgIpc) is 3.06. The summed E-state index contributed by atoms with van der Waals surface area (Å²) in [6.45, 7) is 6.93. The van der Waals surface area contributed by atoms with Crippen molar-refractivity contribution < 1.29 is 13.6 Å². The van der Waals surface area contributed by atoms with Gasteiger partial charge in [0, 0.05) is 49.7 Å². The van der Waals surface area contributed by atoms with Crippen LogP contribution in [-0.2, 0) is 4.79 Å². The lowest BCUT2D eigenvalue weighted by Gasteiger charge is -2.44. The zero-order valence-corrected chi connectivity index (χ0v) is 16.3. The number of allylic oxidation sites excluding steroid dienone is 2. The SMILES string of the molecule is C=CC(=O)N1CC(N(C)c2ccc(C)c3[nH]c(C4=CCC(F)(F)CC4)cc23)C1. The van der Waals surface area contributed by atoms with Crippen molar-refractivity contribution in [1.29, 1.82) is 0 Å². The fraction of sp³-hybridized carbons (Fsp3) is 0.409. The maximum absolute atomic E-state index is 13.5. The number of H-pyrrole nitrogens is 1. The van der Waals surface area contributed by atoms with Crippen LogP contribution in [0, 0.1) is 6.92 Å². The summed E-state index contributed by atoms with van der Waals surface area (Å²) in [4.78, 5) is 19.1. The Bertz CT molecular complexity index is 970. The minimum atomic E-state index is -2.59. The largest absolute Gasteiger partial charge is 0.367 e. The van der Waals surface area contributed by atoms with Gasteiger partial charge in [-0.2, -0.15) is 0 Å². The number of carbonyl (C=O) groups is 1. The van der Waals surface area contributed by atoms with Gasteiger partial charge in [-0.05, 0) is 42.7 Å². The van der Waals surface area contributed by atoms with E-state index in [1.54, 1.807) is 11.0 Å². The molecule has 4 rings (SSSR count). The molecular formula is C22H25F2N3O. The molecule has 2 aromatic rings. The molecule has 1 N–H and O–H groups in total. The monoisotopic (exact) mass is 385 g/mol. The van der Waals surface area contributed by atoms with E-state index in [-0.39, 0.29) is 24.8 Å². The zero-order valence-electron chi connectivity index (χ0n) is 16.3. The number of hydrogen-bond donors (Lipinski definition) is 1. The van der Waals surface area contributed by atoms with Crippen LogP contribution >= 0.6 is 0 Å². The number of nitrogens with one attached hydrogen (secondary N) is 1. The molecule has 4 nitrogen and oxygen atoms in total. The van der Waals surface area contributed by atoms with Gasteiger partial charge < -0.3 is 14.8 Å². The van der Waals surface area contributed by atoms with E-state index in [1.165, 1.54) is 6.08 Å². The predicted octanol–water partition coefficient (Wildman–Crippen LogP) is 4.51. The van der Waals surface area contributed by atoms with E-state index < -0.39 is 5.92 Å². The first kappa shape index (κ1) is 18.7. The molecule has 1 aromatic carbocycles. The Labute approximate surface area is 163 Å². The maximum atomic E-state index is 13.5. The molecule has 6 heteroatoms. The molecular weight excluding hydrogens is 360 g/mol. The standard InChI is InChI=1S/C22H25F2N3O/c1-4-20(28)27-12-16(13-27)26(3)19-6-5-14(2)21-17(19)11-18(25-21)15-7-9-22(23,24)10-8-15/h4-7,11,16,25H,1,8-10,12-13H2,2-3H3. The summed E-state index contributed by atoms with van der Waals surface area (Å²) < 4.78 is 27.0. The molecule has 1 amide bonds. The smallest absolute Gasteiger partial charge is 0.251 e. The topological polar surface area (TPSA) is 39.3 Å². The van der Waals surface area contributed by atoms with E-state index in [2.05, 4.69) is 34.7 Å². The van der Waals surface area contributed by atoms with Crippen molar-refractivity contribution >= 4 is 28.1 Å². The zero-order chi connectivity index (χ0) is 20.1. The molecule has 1 aliphatic carbocycles. The fourth-order valence-electron chi connectivity index (χ4n) is 4.07. The van der Waals surface area contributed by atoms with Crippen molar-refractivity contribution in [3.63, 3.8) is 0 Å². The lowest BCUT2D eigenvalue weighted by molar-refractivity contribution is -0.130. The molecule has 0 bridgehead atoms. The Morgan fingerprint density at radius 2 is 2.14 bits per heavy atom. The highest BCUT2D eigenvalue weighted by molar-refractivity contribution is 5.97. The van der Waals surface area contributed by atoms with Gasteiger partial charge in [-0.3, -0.25) is 4.79 Å². The van der Waals surface area contributed by atoms with Crippen molar-refractivity contribution in [3.05, 3.63) is 48.2 Å². The summed E-state index contributed by atoms with van der Waals surface area (Å²) >= 11 is 0. The van der Waals surface area contributed by atoms with Crippen LogP contribution in [0.4, 0.5) is 14.5 Å². The van der Waals surface area contributed by atoms with E-state index in [9.17, 15) is 13.6 Å². The number of aromatic amines is 1. The summed E-state index contributed by atoms with van der Waals surface area (Å²) in [5.74, 6) is -2.63. The van der Waals surface area contributed by atoms with Crippen molar-refractivity contribution in [2.45, 2.75) is 38.2 Å². The molecule has 148 valence electrons. The van der Waals surface area contributed by atoms with Gasteiger partial charge in [0.05, 0.1) is 11.6 Å². The predicted molar refractivity (Wildman–Crippen MR) is 109 cm³/mol. The molecule has 1 aromatic heterocycles. The second-order valence-electron chi connectivity index (χ2n) is 7.87. The van der Waals surface area contributed by atoms with Crippen LogP contribution in [0.5, 0.6) is 0 Å². The summed E-state index contributed by atoms with van der Waals surface area (Å²) in [5, 5.41) is 1.09. The van der Waals surface area contributed by atoms with E-state index in [4.69, 9.17) is 0 Å². The number of aryl methyl sites for hydroxylation is 1. The Balaban J connectivity index is 1.63. The molecule has 0 atom stereocenters. The minimum absolute atomic E-state index is 0.0383. The number of fused-ring (bicyclic) bond motifs is 1. The average molecular weight is 385 g/mol. The van der Waals surface area contributed by atoms with E-state index in [0.29, 0.717) is 19.5 Å². The molecule has 28 heavy (non-hydrogen) atoms. The number of benzene rings is 1. The first-order valence-corrected chi connectivity index (χ1v) is 9.63. The number of hydrogen-bond acceptors (Lipinski definition) is 2. The van der Waals surface area contributed by atoms with Gasteiger partial charge in [0.25, 0.3) is 5.92 Å². The minimum Gasteiger partial charge on any atom is -0.367 e. The summed E-state index contributed by atoms with van der Waals surface area (Å²) in [7, 11) is 2.04. The Morgan fingerprint density at radius 1 is 1.39 bits per heavy atom. The third-order valence-corrected chi connectivity index (χ3v) is 6.01. The Morgan fingerprint density at radius 3 is 2.79 bits per heavy atom. The quantitative estimate of drug-likeness (QED) is 0.787. The third-order valence-electron chi connectivity index (χ3n) is 6.01. The van der Waals surface area contributed by atoms with Gasteiger partial charge in [0.15, 0.2) is 0 Å². The Kier molecular flexibility index (Phi) is 4.52. The van der Waals surface area contributed by atoms with Crippen LogP contribution in [-0.4, -0.2) is 47.9 Å². The highest BCUT2D eigenvalue weighted by Crippen LogP contribution is 2.39. The van der Waals surface area contributed by atoms with Crippen LogP contribution in [0.2, 0.25) is 0 Å². The molecule has 1 fully saturated rings. The van der Waals surface area contributed by atoms with Gasteiger partial charge in [-0.15, -0.1) is 0 Å². The summed E-state index contributed by atoms with van der Waals surface area (Å²) in [6.07, 6.45) is 3.09. The highest BCUT2D eigenvalue weighted by Gasteiger charge is 2.34. The van der Waals surface area contributed by atoms with Gasteiger partial charge in [-0.1, -0.05) is 18.7 Å². The van der Waals surface area contributed by atoms with E-state index in [1.807, 2.05) is 14.0 Å². The first-order chi connectivity index (χ1) is 13.3. The fourth-order valence-corrected chi connectivity index (χ4v) is 4.07. The number of nitrogens with zero attached hydrogens (tertiary/aromatic N) is 2. The van der Waals surface area contributed by atoms with Crippen molar-refractivity contribution in [2.75, 3.05) is 25.0 Å². The second kappa shape index (κ2) is 6.76. The van der Waals surface area contributed by atoms with E-state index in [0.717, 1.165) is 33.4 Å². The maximum Gasteiger partial charge on any atom is 0.251 e. The number of aromatic nitrogens is 1. The summed E-state index contributed by atoms with van der Waals surface area (Å²) in [6, 6.07) is 6.50. The van der Waals surface area contributed by atoms with Crippen LogP contribution in [0.15, 0.2) is 36.9 Å². The lowest BCUT2D eigenvalue weighted by atomic mass is 9.94. The molecule has 2 heterocycles. The summed E-state index contributed by atoms with van der Waals surface area (Å²) in [5.41, 5.74) is 5.13. The third kappa shape index (κ3) is 3.21. The van der Waals surface area contributed by atoms with Gasteiger partial charge >= 0.3 is 0 Å². The van der Waals surface area contributed by atoms with Crippen molar-refractivity contribution in [2.24, 2.45) is 0 Å². The molecule has 0 radical (unpaired) electrons. The van der Waals surface area contributed by atoms with Crippen LogP contribution in [0.1, 0.15) is 30.5 Å². The normalized spacial score (nSPS) is 19.3. The van der Waals surface area contributed by atoms with Crippen molar-refractivity contribution in [1.82, 2.24) is 9.88 Å². The first-order valence-electron chi connectivity index (χ1n) is 9.63. The van der Waals surface area contributed by atoms with E-state index >= 15 is 0 Å². The van der Waals surface area contributed by atoms with Crippen molar-refractivity contribution in [3.8, 4) is 0 Å². The van der Waals surface area contributed by atoms with Gasteiger partial charge in [-0.25, -0.2) is 8.78 Å². The number of anilines is 1. The molecule has 0 unspecified atom stereocenters. The lowest BCUT2D eigenvalue weighted by Crippen LogP contribution is -2.60. The van der Waals surface area contributed by atoms with Gasteiger partial charge in [0.2, 0.25) is 5.91 Å². The number of amides is 1. The molecule has 1 saturated heterocycles. The highest BCUT2D eigenvalue weighted by atomic mass is 19.3. The number of halogens is 2. The molecule has 0 saturated carbocycles. The number of carbonyl (C=O) groups excluding carboxylic acids is 1. The van der Waals surface area contributed by atoms with Crippen LogP contribution < -0.4 is 4.90 Å². The molecule has 0 spiro atoms. The number of likely N-dealkylation sites (N-methyl/N-ethyl adjacent to an activating group) is 1. The molecule has 2 aliphatic rings. The number of likely N-dealkylation sites (tertiary alicyclic amines) is 1.